The summed E-state index contributed by atoms with van der Waals surface area (Å²) in [5, 5.41) is 3.76. The Labute approximate surface area is 199 Å². The van der Waals surface area contributed by atoms with E-state index in [2.05, 4.69) is 33.1 Å². The van der Waals surface area contributed by atoms with Gasteiger partial charge in [-0.25, -0.2) is 4.98 Å². The molecular weight excluding hydrogens is 438 g/mol. The average Bonchev–Trinajstić information content (AvgIpc) is 2.81. The van der Waals surface area contributed by atoms with Gasteiger partial charge < -0.3 is 14.8 Å². The van der Waals surface area contributed by atoms with Crippen molar-refractivity contribution in [1.29, 1.82) is 0 Å². The Bertz CT molecular complexity index is 1200. The minimum absolute atomic E-state index is 0.0476. The van der Waals surface area contributed by atoms with Crippen LogP contribution >= 0.6 is 11.6 Å². The minimum Gasteiger partial charge on any atom is -0.369 e. The van der Waals surface area contributed by atoms with Crippen LogP contribution in [0.4, 0.5) is 5.69 Å². The molecule has 174 valence electrons. The maximum Gasteiger partial charge on any atom is 0.272 e. The second-order valence-electron chi connectivity index (χ2n) is 8.50. The first-order valence-electron chi connectivity index (χ1n) is 11.4. The zero-order chi connectivity index (χ0) is 23.4. The number of carbonyl (C=O) groups is 1. The van der Waals surface area contributed by atoms with Crippen LogP contribution in [0.15, 0.2) is 47.3 Å². The summed E-state index contributed by atoms with van der Waals surface area (Å²) in [6.45, 7) is 9.33. The number of carbonyl (C=O) groups excluding carboxylic acids is 1. The van der Waals surface area contributed by atoms with Crippen molar-refractivity contribution in [2.45, 2.75) is 26.8 Å². The Morgan fingerprint density at radius 3 is 2.61 bits per heavy atom. The number of rotatable bonds is 7. The zero-order valence-electron chi connectivity index (χ0n) is 19.2. The first-order valence-corrected chi connectivity index (χ1v) is 11.8. The van der Waals surface area contributed by atoms with Gasteiger partial charge in [-0.15, -0.1) is 0 Å². The smallest absolute Gasteiger partial charge is 0.272 e. The topological polar surface area (TPSA) is 70.5 Å². The summed E-state index contributed by atoms with van der Waals surface area (Å²) in [7, 11) is 0. The molecule has 2 heterocycles. The van der Waals surface area contributed by atoms with Gasteiger partial charge in [0, 0.05) is 62.9 Å². The van der Waals surface area contributed by atoms with E-state index in [4.69, 9.17) is 11.6 Å². The molecule has 1 saturated heterocycles. The Balaban J connectivity index is 1.23. The van der Waals surface area contributed by atoms with Crippen molar-refractivity contribution >= 4 is 34.2 Å². The molecule has 33 heavy (non-hydrogen) atoms. The largest absolute Gasteiger partial charge is 0.369 e. The number of nitrogens with one attached hydrogen (secondary N) is 1. The minimum atomic E-state index is -0.144. The van der Waals surface area contributed by atoms with E-state index < -0.39 is 0 Å². The summed E-state index contributed by atoms with van der Waals surface area (Å²) in [6.07, 6.45) is 0.259. The van der Waals surface area contributed by atoms with Crippen LogP contribution in [0.25, 0.3) is 11.0 Å². The SMILES string of the molecule is Cc1ccc(Cl)cc1N1CCN(CCNC(=O)CCn2c(=O)c(C)nc3ccccc32)CC1. The molecule has 8 heteroatoms. The molecule has 2 aromatic carbocycles. The van der Waals surface area contributed by atoms with Crippen LogP contribution in [0.3, 0.4) is 0 Å². The van der Waals surface area contributed by atoms with Gasteiger partial charge in [0.1, 0.15) is 5.69 Å². The molecule has 1 N–H and O–H groups in total. The van der Waals surface area contributed by atoms with E-state index in [0.29, 0.717) is 18.8 Å². The fraction of sp³-hybridized carbons (Fsp3) is 0.400. The molecule has 1 aromatic heterocycles. The van der Waals surface area contributed by atoms with Crippen molar-refractivity contribution in [3.63, 3.8) is 0 Å². The lowest BCUT2D eigenvalue weighted by molar-refractivity contribution is -0.121. The van der Waals surface area contributed by atoms with E-state index >= 15 is 0 Å². The first-order chi connectivity index (χ1) is 15.9. The number of piperazine rings is 1. The van der Waals surface area contributed by atoms with E-state index in [-0.39, 0.29) is 17.9 Å². The number of halogens is 1. The molecule has 0 radical (unpaired) electrons. The molecule has 0 spiro atoms. The second-order valence-corrected chi connectivity index (χ2v) is 8.94. The van der Waals surface area contributed by atoms with Gasteiger partial charge in [0.25, 0.3) is 5.56 Å². The van der Waals surface area contributed by atoms with Gasteiger partial charge in [0.05, 0.1) is 11.0 Å². The standard InChI is InChI=1S/C25H30ClN5O2/c1-18-7-8-20(26)17-23(18)30-15-13-29(14-16-30)12-10-27-24(32)9-11-31-22-6-4-3-5-21(22)28-19(2)25(31)33/h3-8,17H,9-16H2,1-2H3,(H,27,32). The van der Waals surface area contributed by atoms with Crippen LogP contribution in [0.1, 0.15) is 17.7 Å². The maximum atomic E-state index is 12.5. The molecule has 0 aliphatic carbocycles. The number of nitrogens with zero attached hydrogens (tertiary/aromatic N) is 4. The summed E-state index contributed by atoms with van der Waals surface area (Å²) in [5.41, 5.74) is 4.26. The Kier molecular flexibility index (Phi) is 7.30. The summed E-state index contributed by atoms with van der Waals surface area (Å²) in [4.78, 5) is 34.0. The van der Waals surface area contributed by atoms with Crippen LogP contribution < -0.4 is 15.8 Å². The molecule has 0 atom stereocenters. The number of anilines is 1. The van der Waals surface area contributed by atoms with Crippen molar-refractivity contribution in [2.75, 3.05) is 44.2 Å². The Hall–Kier alpha value is -2.90. The third-order valence-corrected chi connectivity index (χ3v) is 6.45. The highest BCUT2D eigenvalue weighted by atomic mass is 35.5. The van der Waals surface area contributed by atoms with Crippen LogP contribution in [0.2, 0.25) is 5.02 Å². The number of para-hydroxylation sites is 2. The maximum absolute atomic E-state index is 12.5. The average molecular weight is 468 g/mol. The molecule has 3 aromatic rings. The molecule has 1 aliphatic heterocycles. The van der Waals surface area contributed by atoms with Gasteiger partial charge >= 0.3 is 0 Å². The monoisotopic (exact) mass is 467 g/mol. The first kappa shape index (κ1) is 23.3. The van der Waals surface area contributed by atoms with E-state index in [9.17, 15) is 9.59 Å². The molecule has 1 fully saturated rings. The summed E-state index contributed by atoms with van der Waals surface area (Å²) in [6, 6.07) is 13.5. The lowest BCUT2D eigenvalue weighted by Crippen LogP contribution is -2.48. The number of aryl methyl sites for hydroxylation is 3. The van der Waals surface area contributed by atoms with Gasteiger partial charge in [-0.2, -0.15) is 0 Å². The normalized spacial score (nSPS) is 14.6. The summed E-state index contributed by atoms with van der Waals surface area (Å²) in [5.74, 6) is -0.0476. The number of aromatic nitrogens is 2. The molecule has 0 saturated carbocycles. The van der Waals surface area contributed by atoms with Crippen molar-refractivity contribution in [2.24, 2.45) is 0 Å². The van der Waals surface area contributed by atoms with Gasteiger partial charge in [-0.05, 0) is 43.7 Å². The lowest BCUT2D eigenvalue weighted by atomic mass is 10.1. The number of hydrogen-bond donors (Lipinski definition) is 1. The quantitative estimate of drug-likeness (QED) is 0.578. The molecule has 1 amide bonds. The second kappa shape index (κ2) is 10.4. The van der Waals surface area contributed by atoms with Crippen LogP contribution in [-0.4, -0.2) is 59.6 Å². The zero-order valence-corrected chi connectivity index (χ0v) is 19.9. The van der Waals surface area contributed by atoms with E-state index in [0.717, 1.165) is 48.8 Å². The third kappa shape index (κ3) is 5.54. The third-order valence-electron chi connectivity index (χ3n) is 6.21. The number of amides is 1. The molecule has 4 rings (SSSR count). The number of hydrogen-bond acceptors (Lipinski definition) is 5. The van der Waals surface area contributed by atoms with Crippen molar-refractivity contribution in [1.82, 2.24) is 19.8 Å². The molecular formula is C25H30ClN5O2. The highest BCUT2D eigenvalue weighted by Gasteiger charge is 2.18. The fourth-order valence-corrected chi connectivity index (χ4v) is 4.50. The van der Waals surface area contributed by atoms with Crippen molar-refractivity contribution in [3.8, 4) is 0 Å². The molecule has 0 unspecified atom stereocenters. The Morgan fingerprint density at radius 1 is 1.06 bits per heavy atom. The van der Waals surface area contributed by atoms with Crippen LogP contribution in [-0.2, 0) is 11.3 Å². The van der Waals surface area contributed by atoms with E-state index in [1.54, 1.807) is 11.5 Å². The summed E-state index contributed by atoms with van der Waals surface area (Å²) < 4.78 is 1.65. The van der Waals surface area contributed by atoms with Crippen LogP contribution in [0, 0.1) is 13.8 Å². The Morgan fingerprint density at radius 2 is 1.82 bits per heavy atom. The molecule has 0 bridgehead atoms. The van der Waals surface area contributed by atoms with Gasteiger partial charge in [-0.3, -0.25) is 14.5 Å². The molecule has 1 aliphatic rings. The van der Waals surface area contributed by atoms with Gasteiger partial charge in [-0.1, -0.05) is 29.8 Å². The predicted molar refractivity (Wildman–Crippen MR) is 133 cm³/mol. The number of fused-ring (bicyclic) bond motifs is 1. The highest BCUT2D eigenvalue weighted by Crippen LogP contribution is 2.25. The van der Waals surface area contributed by atoms with Crippen LogP contribution in [0.5, 0.6) is 0 Å². The van der Waals surface area contributed by atoms with E-state index in [1.807, 2.05) is 36.4 Å². The highest BCUT2D eigenvalue weighted by molar-refractivity contribution is 6.30. The fourth-order valence-electron chi connectivity index (χ4n) is 4.33. The van der Waals surface area contributed by atoms with Crippen molar-refractivity contribution in [3.05, 3.63) is 69.1 Å². The number of benzene rings is 2. The predicted octanol–water partition coefficient (Wildman–Crippen LogP) is 3.00. The molecule has 7 nitrogen and oxygen atoms in total. The summed E-state index contributed by atoms with van der Waals surface area (Å²) >= 11 is 6.17. The van der Waals surface area contributed by atoms with Gasteiger partial charge in [0.15, 0.2) is 0 Å². The van der Waals surface area contributed by atoms with Gasteiger partial charge in [0.2, 0.25) is 5.91 Å². The lowest BCUT2D eigenvalue weighted by Gasteiger charge is -2.36. The van der Waals surface area contributed by atoms with E-state index in [1.165, 1.54) is 11.3 Å². The van der Waals surface area contributed by atoms with Crippen molar-refractivity contribution < 1.29 is 4.79 Å².